The zero-order valence-electron chi connectivity index (χ0n) is 10.8. The van der Waals surface area contributed by atoms with Gasteiger partial charge in [0.25, 0.3) is 0 Å². The van der Waals surface area contributed by atoms with Crippen LogP contribution in [0.25, 0.3) is 5.69 Å². The summed E-state index contributed by atoms with van der Waals surface area (Å²) in [4.78, 5) is 4.22. The molecule has 0 radical (unpaired) electrons. The van der Waals surface area contributed by atoms with E-state index in [0.717, 1.165) is 24.9 Å². The summed E-state index contributed by atoms with van der Waals surface area (Å²) in [5.74, 6) is 0.449. The first-order chi connectivity index (χ1) is 8.72. The van der Waals surface area contributed by atoms with Crippen LogP contribution in [0.1, 0.15) is 25.3 Å². The molecule has 0 fully saturated rings. The summed E-state index contributed by atoms with van der Waals surface area (Å²) in [7, 11) is 0. The van der Waals surface area contributed by atoms with Crippen LogP contribution in [0, 0.1) is 12.7 Å². The molecule has 1 N–H and O–H groups in total. The van der Waals surface area contributed by atoms with Gasteiger partial charge in [-0.2, -0.15) is 0 Å². The maximum Gasteiger partial charge on any atom is 0.207 e. The molecule has 0 saturated heterocycles. The Labute approximate surface area is 107 Å². The van der Waals surface area contributed by atoms with Gasteiger partial charge in [0.15, 0.2) is 0 Å². The summed E-state index contributed by atoms with van der Waals surface area (Å²) < 4.78 is 15.6. The van der Waals surface area contributed by atoms with Crippen molar-refractivity contribution in [1.82, 2.24) is 9.55 Å². The number of hydrogen-bond acceptors (Lipinski definition) is 2. The molecule has 2 rings (SSSR count). The van der Waals surface area contributed by atoms with Gasteiger partial charge < -0.3 is 5.32 Å². The average molecular weight is 247 g/mol. The molecule has 1 aromatic heterocycles. The predicted molar refractivity (Wildman–Crippen MR) is 71.7 cm³/mol. The van der Waals surface area contributed by atoms with Crippen molar-refractivity contribution >= 4 is 5.95 Å². The first kappa shape index (κ1) is 12.6. The van der Waals surface area contributed by atoms with E-state index in [4.69, 9.17) is 0 Å². The normalized spacial score (nSPS) is 10.6. The van der Waals surface area contributed by atoms with Crippen LogP contribution in [0.4, 0.5) is 10.3 Å². The number of aromatic nitrogens is 2. The summed E-state index contributed by atoms with van der Waals surface area (Å²) in [5, 5.41) is 3.22. The molecular formula is C14H18FN3. The fourth-order valence-electron chi connectivity index (χ4n) is 1.81. The van der Waals surface area contributed by atoms with Gasteiger partial charge in [-0.3, -0.25) is 4.57 Å². The minimum atomic E-state index is -0.239. The first-order valence-electron chi connectivity index (χ1n) is 6.26. The van der Waals surface area contributed by atoms with Gasteiger partial charge in [0.1, 0.15) is 5.82 Å². The Morgan fingerprint density at radius 2 is 2.22 bits per heavy atom. The van der Waals surface area contributed by atoms with Crippen LogP contribution in [0.5, 0.6) is 0 Å². The number of benzene rings is 1. The Hall–Kier alpha value is -1.84. The molecule has 18 heavy (non-hydrogen) atoms. The van der Waals surface area contributed by atoms with Crippen molar-refractivity contribution in [2.75, 3.05) is 11.9 Å². The lowest BCUT2D eigenvalue weighted by Crippen LogP contribution is -2.08. The molecule has 3 nitrogen and oxygen atoms in total. The number of nitrogens with one attached hydrogen (secondary N) is 1. The van der Waals surface area contributed by atoms with Crippen molar-refractivity contribution in [2.45, 2.75) is 26.7 Å². The molecule has 0 atom stereocenters. The van der Waals surface area contributed by atoms with Crippen molar-refractivity contribution in [1.29, 1.82) is 0 Å². The van der Waals surface area contributed by atoms with Crippen LogP contribution < -0.4 is 5.32 Å². The van der Waals surface area contributed by atoms with Crippen LogP contribution in [0.2, 0.25) is 0 Å². The quantitative estimate of drug-likeness (QED) is 0.819. The van der Waals surface area contributed by atoms with Crippen molar-refractivity contribution in [3.05, 3.63) is 42.0 Å². The number of rotatable bonds is 5. The Morgan fingerprint density at radius 3 is 3.00 bits per heavy atom. The third-order valence-corrected chi connectivity index (χ3v) is 2.82. The number of unbranched alkanes of at least 4 members (excludes halogenated alkanes) is 1. The van der Waals surface area contributed by atoms with Gasteiger partial charge >= 0.3 is 0 Å². The zero-order valence-corrected chi connectivity index (χ0v) is 10.8. The van der Waals surface area contributed by atoms with E-state index in [1.54, 1.807) is 23.0 Å². The van der Waals surface area contributed by atoms with E-state index >= 15 is 0 Å². The van der Waals surface area contributed by atoms with Crippen molar-refractivity contribution in [3.63, 3.8) is 0 Å². The van der Waals surface area contributed by atoms with E-state index in [9.17, 15) is 4.39 Å². The third-order valence-electron chi connectivity index (χ3n) is 2.82. The number of hydrogen-bond donors (Lipinski definition) is 1. The standard InChI is InChI=1S/C14H18FN3/c1-3-4-7-16-14-17-8-9-18(14)13-10-11(2)5-6-12(13)15/h5-6,8-10H,3-4,7H2,1-2H3,(H,16,17). The van der Waals surface area contributed by atoms with Gasteiger partial charge in [-0.05, 0) is 31.0 Å². The molecule has 0 bridgehead atoms. The van der Waals surface area contributed by atoms with Crippen molar-refractivity contribution < 1.29 is 4.39 Å². The van der Waals surface area contributed by atoms with Crippen molar-refractivity contribution in [2.24, 2.45) is 0 Å². The van der Waals surface area contributed by atoms with E-state index in [-0.39, 0.29) is 5.82 Å². The van der Waals surface area contributed by atoms with E-state index in [1.165, 1.54) is 6.07 Å². The lowest BCUT2D eigenvalue weighted by atomic mass is 10.2. The first-order valence-corrected chi connectivity index (χ1v) is 6.26. The second-order valence-corrected chi connectivity index (χ2v) is 4.36. The number of imidazole rings is 1. The number of halogens is 1. The van der Waals surface area contributed by atoms with Gasteiger partial charge in [-0.15, -0.1) is 0 Å². The SMILES string of the molecule is CCCCNc1nccn1-c1cc(C)ccc1F. The van der Waals surface area contributed by atoms with Gasteiger partial charge in [0.05, 0.1) is 5.69 Å². The highest BCUT2D eigenvalue weighted by molar-refractivity contribution is 5.44. The van der Waals surface area contributed by atoms with Crippen LogP contribution >= 0.6 is 0 Å². The zero-order chi connectivity index (χ0) is 13.0. The topological polar surface area (TPSA) is 29.9 Å². The second kappa shape index (κ2) is 5.67. The Morgan fingerprint density at radius 1 is 1.39 bits per heavy atom. The Balaban J connectivity index is 2.27. The molecule has 0 unspecified atom stereocenters. The largest absolute Gasteiger partial charge is 0.355 e. The molecule has 0 aliphatic rings. The predicted octanol–water partition coefficient (Wildman–Crippen LogP) is 3.53. The number of anilines is 1. The molecule has 2 aromatic rings. The van der Waals surface area contributed by atoms with Crippen LogP contribution in [-0.2, 0) is 0 Å². The van der Waals surface area contributed by atoms with Gasteiger partial charge in [-0.25, -0.2) is 9.37 Å². The summed E-state index contributed by atoms with van der Waals surface area (Å²) >= 11 is 0. The van der Waals surface area contributed by atoms with Gasteiger partial charge in [0.2, 0.25) is 5.95 Å². The van der Waals surface area contributed by atoms with E-state index in [0.29, 0.717) is 11.6 Å². The Kier molecular flexibility index (Phi) is 3.97. The monoisotopic (exact) mass is 247 g/mol. The maximum absolute atomic E-state index is 13.8. The smallest absolute Gasteiger partial charge is 0.207 e. The highest BCUT2D eigenvalue weighted by atomic mass is 19.1. The summed E-state index contributed by atoms with van der Waals surface area (Å²) in [5.41, 5.74) is 1.56. The highest BCUT2D eigenvalue weighted by Gasteiger charge is 2.09. The fraction of sp³-hybridized carbons (Fsp3) is 0.357. The van der Waals surface area contributed by atoms with Crippen LogP contribution in [0.15, 0.2) is 30.6 Å². The minimum absolute atomic E-state index is 0.239. The van der Waals surface area contributed by atoms with Gasteiger partial charge in [0, 0.05) is 18.9 Å². The summed E-state index contributed by atoms with van der Waals surface area (Å²) in [6.45, 7) is 4.93. The molecule has 0 aliphatic heterocycles. The van der Waals surface area contributed by atoms with Crippen LogP contribution in [-0.4, -0.2) is 16.1 Å². The molecule has 0 spiro atoms. The second-order valence-electron chi connectivity index (χ2n) is 4.36. The minimum Gasteiger partial charge on any atom is -0.355 e. The molecule has 96 valence electrons. The highest BCUT2D eigenvalue weighted by Crippen LogP contribution is 2.19. The lowest BCUT2D eigenvalue weighted by Gasteiger charge is -2.11. The van der Waals surface area contributed by atoms with E-state index in [1.807, 2.05) is 13.0 Å². The van der Waals surface area contributed by atoms with Gasteiger partial charge in [-0.1, -0.05) is 19.4 Å². The molecule has 1 heterocycles. The maximum atomic E-state index is 13.8. The number of nitrogens with zero attached hydrogens (tertiary/aromatic N) is 2. The molecule has 0 aliphatic carbocycles. The molecule has 1 aromatic carbocycles. The lowest BCUT2D eigenvalue weighted by molar-refractivity contribution is 0.618. The molecule has 4 heteroatoms. The van der Waals surface area contributed by atoms with Crippen LogP contribution in [0.3, 0.4) is 0 Å². The molecule has 0 amide bonds. The Bertz CT molecular complexity index is 520. The molecular weight excluding hydrogens is 229 g/mol. The average Bonchev–Trinajstić information content (AvgIpc) is 2.81. The van der Waals surface area contributed by atoms with Crippen molar-refractivity contribution in [3.8, 4) is 5.69 Å². The van der Waals surface area contributed by atoms with E-state index in [2.05, 4.69) is 17.2 Å². The van der Waals surface area contributed by atoms with E-state index < -0.39 is 0 Å². The molecule has 0 saturated carbocycles. The summed E-state index contributed by atoms with van der Waals surface area (Å²) in [6.07, 6.45) is 5.64. The summed E-state index contributed by atoms with van der Waals surface area (Å²) in [6, 6.07) is 5.07. The third kappa shape index (κ3) is 2.70. The fourth-order valence-corrected chi connectivity index (χ4v) is 1.81. The number of aryl methyl sites for hydroxylation is 1.